The Morgan fingerprint density at radius 3 is 2.76 bits per heavy atom. The summed E-state index contributed by atoms with van der Waals surface area (Å²) in [6, 6.07) is 1.96. The molecule has 0 aliphatic carbocycles. The molecule has 0 spiro atoms. The SMILES string of the molecule is COc1cncc(CN2CCN(C(=O)OC(C)(C)C)C2)c1. The van der Waals surface area contributed by atoms with E-state index in [4.69, 9.17) is 9.47 Å². The third kappa shape index (κ3) is 4.60. The highest BCUT2D eigenvalue weighted by Gasteiger charge is 2.28. The minimum Gasteiger partial charge on any atom is -0.495 e. The monoisotopic (exact) mass is 293 g/mol. The van der Waals surface area contributed by atoms with Crippen LogP contribution in [0.25, 0.3) is 0 Å². The molecule has 1 aliphatic heterocycles. The van der Waals surface area contributed by atoms with E-state index in [1.165, 1.54) is 0 Å². The van der Waals surface area contributed by atoms with Crippen LogP contribution in [-0.2, 0) is 11.3 Å². The van der Waals surface area contributed by atoms with Gasteiger partial charge in [0.15, 0.2) is 0 Å². The van der Waals surface area contributed by atoms with Gasteiger partial charge in [0.2, 0.25) is 0 Å². The first-order chi connectivity index (χ1) is 9.87. The molecule has 1 amide bonds. The van der Waals surface area contributed by atoms with Crippen LogP contribution in [-0.4, -0.2) is 53.3 Å². The molecule has 0 N–H and O–H groups in total. The third-order valence-electron chi connectivity index (χ3n) is 3.12. The number of hydrogen-bond acceptors (Lipinski definition) is 5. The Morgan fingerprint density at radius 2 is 2.10 bits per heavy atom. The van der Waals surface area contributed by atoms with Crippen molar-refractivity contribution in [1.82, 2.24) is 14.8 Å². The van der Waals surface area contributed by atoms with Crippen LogP contribution >= 0.6 is 0 Å². The Kier molecular flexibility index (Phi) is 4.67. The van der Waals surface area contributed by atoms with Crippen molar-refractivity contribution in [3.8, 4) is 5.75 Å². The molecule has 0 bridgehead atoms. The minimum absolute atomic E-state index is 0.256. The number of nitrogens with zero attached hydrogens (tertiary/aromatic N) is 3. The van der Waals surface area contributed by atoms with Crippen molar-refractivity contribution in [3.05, 3.63) is 24.0 Å². The Balaban J connectivity index is 1.89. The predicted molar refractivity (Wildman–Crippen MR) is 79.0 cm³/mol. The number of carbonyl (C=O) groups excluding carboxylic acids is 1. The molecule has 0 saturated carbocycles. The number of ether oxygens (including phenoxy) is 2. The predicted octanol–water partition coefficient (Wildman–Crippen LogP) is 2.10. The Morgan fingerprint density at radius 1 is 1.33 bits per heavy atom. The summed E-state index contributed by atoms with van der Waals surface area (Å²) < 4.78 is 10.6. The summed E-state index contributed by atoms with van der Waals surface area (Å²) in [4.78, 5) is 20.0. The smallest absolute Gasteiger partial charge is 0.411 e. The van der Waals surface area contributed by atoms with Crippen molar-refractivity contribution in [1.29, 1.82) is 0 Å². The maximum absolute atomic E-state index is 12.0. The highest BCUT2D eigenvalue weighted by atomic mass is 16.6. The number of rotatable bonds is 3. The molecule has 1 aromatic heterocycles. The zero-order valence-electron chi connectivity index (χ0n) is 13.1. The lowest BCUT2D eigenvalue weighted by Crippen LogP contribution is -2.36. The maximum Gasteiger partial charge on any atom is 0.411 e. The average molecular weight is 293 g/mol. The van der Waals surface area contributed by atoms with Gasteiger partial charge in [-0.15, -0.1) is 0 Å². The molecular formula is C15H23N3O3. The molecule has 0 atom stereocenters. The fourth-order valence-electron chi connectivity index (χ4n) is 2.17. The van der Waals surface area contributed by atoms with Crippen molar-refractivity contribution in [2.45, 2.75) is 32.9 Å². The van der Waals surface area contributed by atoms with Crippen LogP contribution in [0, 0.1) is 0 Å². The van der Waals surface area contributed by atoms with Crippen LogP contribution < -0.4 is 4.74 Å². The van der Waals surface area contributed by atoms with Crippen LogP contribution in [0.1, 0.15) is 26.3 Å². The van der Waals surface area contributed by atoms with Gasteiger partial charge in [0, 0.05) is 25.8 Å². The van der Waals surface area contributed by atoms with Crippen LogP contribution in [0.3, 0.4) is 0 Å². The third-order valence-corrected chi connectivity index (χ3v) is 3.12. The molecular weight excluding hydrogens is 270 g/mol. The largest absolute Gasteiger partial charge is 0.495 e. The summed E-state index contributed by atoms with van der Waals surface area (Å²) in [5.41, 5.74) is 0.613. The molecule has 1 saturated heterocycles. The number of amides is 1. The van der Waals surface area contributed by atoms with Gasteiger partial charge in [-0.2, -0.15) is 0 Å². The number of aromatic nitrogens is 1. The Bertz CT molecular complexity index is 499. The molecule has 0 radical (unpaired) electrons. The Labute approximate surface area is 125 Å². The van der Waals surface area contributed by atoms with Gasteiger partial charge in [-0.3, -0.25) is 14.8 Å². The molecule has 6 nitrogen and oxygen atoms in total. The summed E-state index contributed by atoms with van der Waals surface area (Å²) >= 11 is 0. The Hall–Kier alpha value is -1.82. The fraction of sp³-hybridized carbons (Fsp3) is 0.600. The zero-order chi connectivity index (χ0) is 15.5. The van der Waals surface area contributed by atoms with Crippen molar-refractivity contribution >= 4 is 6.09 Å². The van der Waals surface area contributed by atoms with E-state index in [2.05, 4.69) is 9.88 Å². The van der Waals surface area contributed by atoms with E-state index in [0.717, 1.165) is 24.4 Å². The fourth-order valence-corrected chi connectivity index (χ4v) is 2.17. The van der Waals surface area contributed by atoms with Gasteiger partial charge in [-0.05, 0) is 32.4 Å². The summed E-state index contributed by atoms with van der Waals surface area (Å²) in [5, 5.41) is 0. The lowest BCUT2D eigenvalue weighted by molar-refractivity contribution is 0.0263. The van der Waals surface area contributed by atoms with E-state index < -0.39 is 5.60 Å². The molecule has 0 unspecified atom stereocenters. The van der Waals surface area contributed by atoms with Gasteiger partial charge in [0.05, 0.1) is 20.0 Å². The van der Waals surface area contributed by atoms with E-state index in [1.54, 1.807) is 18.2 Å². The lowest BCUT2D eigenvalue weighted by atomic mass is 10.2. The highest BCUT2D eigenvalue weighted by Crippen LogP contribution is 2.17. The number of hydrogen-bond donors (Lipinski definition) is 0. The molecule has 1 aliphatic rings. The molecule has 1 aromatic rings. The van der Waals surface area contributed by atoms with E-state index in [9.17, 15) is 4.79 Å². The molecule has 6 heteroatoms. The van der Waals surface area contributed by atoms with E-state index >= 15 is 0 Å². The first kappa shape index (κ1) is 15.6. The highest BCUT2D eigenvalue weighted by molar-refractivity contribution is 5.68. The zero-order valence-corrected chi connectivity index (χ0v) is 13.1. The van der Waals surface area contributed by atoms with E-state index in [-0.39, 0.29) is 6.09 Å². The first-order valence-electron chi connectivity index (χ1n) is 7.05. The van der Waals surface area contributed by atoms with Crippen LogP contribution in [0.2, 0.25) is 0 Å². The van der Waals surface area contributed by atoms with Crippen molar-refractivity contribution in [3.63, 3.8) is 0 Å². The summed E-state index contributed by atoms with van der Waals surface area (Å²) in [5.74, 6) is 0.746. The quantitative estimate of drug-likeness (QED) is 0.854. The second-order valence-corrected chi connectivity index (χ2v) is 6.17. The summed E-state index contributed by atoms with van der Waals surface area (Å²) in [7, 11) is 1.63. The topological polar surface area (TPSA) is 54.9 Å². The van der Waals surface area contributed by atoms with E-state index in [1.807, 2.05) is 33.0 Å². The lowest BCUT2D eigenvalue weighted by Gasteiger charge is -2.24. The van der Waals surface area contributed by atoms with Crippen LogP contribution in [0.5, 0.6) is 5.75 Å². The second kappa shape index (κ2) is 6.30. The summed E-state index contributed by atoms with van der Waals surface area (Å²) in [6.45, 7) is 8.46. The normalized spacial score (nSPS) is 16.1. The number of pyridine rings is 1. The molecule has 2 rings (SSSR count). The van der Waals surface area contributed by atoms with Crippen molar-refractivity contribution < 1.29 is 14.3 Å². The summed E-state index contributed by atoms with van der Waals surface area (Å²) in [6.07, 6.45) is 3.24. The van der Waals surface area contributed by atoms with Gasteiger partial charge >= 0.3 is 6.09 Å². The van der Waals surface area contributed by atoms with Crippen LogP contribution in [0.4, 0.5) is 4.79 Å². The molecule has 21 heavy (non-hydrogen) atoms. The molecule has 2 heterocycles. The number of carbonyl (C=O) groups is 1. The van der Waals surface area contributed by atoms with E-state index in [0.29, 0.717) is 13.2 Å². The van der Waals surface area contributed by atoms with Crippen molar-refractivity contribution in [2.24, 2.45) is 0 Å². The molecule has 1 fully saturated rings. The van der Waals surface area contributed by atoms with Gasteiger partial charge in [-0.1, -0.05) is 0 Å². The maximum atomic E-state index is 12.0. The number of methoxy groups -OCH3 is 1. The van der Waals surface area contributed by atoms with Gasteiger partial charge in [0.1, 0.15) is 11.4 Å². The van der Waals surface area contributed by atoms with Gasteiger partial charge in [-0.25, -0.2) is 4.79 Å². The van der Waals surface area contributed by atoms with Crippen molar-refractivity contribution in [2.75, 3.05) is 26.9 Å². The van der Waals surface area contributed by atoms with Gasteiger partial charge in [0.25, 0.3) is 0 Å². The second-order valence-electron chi connectivity index (χ2n) is 6.17. The standard InChI is InChI=1S/C15H23N3O3/c1-15(2,3)21-14(19)18-6-5-17(11-18)10-12-7-13(20-4)9-16-8-12/h7-9H,5-6,10-11H2,1-4H3. The minimum atomic E-state index is -0.457. The molecule has 116 valence electrons. The molecule has 0 aromatic carbocycles. The van der Waals surface area contributed by atoms with Crippen LogP contribution in [0.15, 0.2) is 18.5 Å². The average Bonchev–Trinajstić information content (AvgIpc) is 2.85. The first-order valence-corrected chi connectivity index (χ1v) is 7.05. The van der Waals surface area contributed by atoms with Gasteiger partial charge < -0.3 is 9.47 Å².